The van der Waals surface area contributed by atoms with E-state index < -0.39 is 0 Å². The Balaban J connectivity index is 3.27. The highest BCUT2D eigenvalue weighted by molar-refractivity contribution is 4.59. The van der Waals surface area contributed by atoms with Gasteiger partial charge in [0.25, 0.3) is 0 Å². The average Bonchev–Trinajstić information content (AvgIpc) is 2.10. The smallest absolute Gasteiger partial charge is 0.0636 e. The van der Waals surface area contributed by atoms with Gasteiger partial charge in [-0.2, -0.15) is 0 Å². The van der Waals surface area contributed by atoms with Crippen molar-refractivity contribution < 1.29 is 5.11 Å². The van der Waals surface area contributed by atoms with E-state index in [1.807, 2.05) is 0 Å². The maximum Gasteiger partial charge on any atom is 0.0636 e. The Bertz CT molecular complexity index is 110. The van der Waals surface area contributed by atoms with E-state index in [9.17, 15) is 0 Å². The van der Waals surface area contributed by atoms with Gasteiger partial charge in [-0.15, -0.1) is 0 Å². The molecule has 0 aliphatic heterocycles. The summed E-state index contributed by atoms with van der Waals surface area (Å²) in [5.41, 5.74) is 10.9. The molecule has 0 aromatic heterocycles. The first-order valence-corrected chi connectivity index (χ1v) is 4.72. The van der Waals surface area contributed by atoms with Crippen molar-refractivity contribution in [1.82, 2.24) is 10.2 Å². The summed E-state index contributed by atoms with van der Waals surface area (Å²) < 4.78 is 0. The van der Waals surface area contributed by atoms with Crippen LogP contribution < -0.4 is 16.8 Å². The molecule has 0 rings (SSSR count). The molecule has 0 aromatic rings. The van der Waals surface area contributed by atoms with Crippen molar-refractivity contribution in [2.45, 2.75) is 13.0 Å². The van der Waals surface area contributed by atoms with Crippen LogP contribution in [0.3, 0.4) is 0 Å². The van der Waals surface area contributed by atoms with Gasteiger partial charge in [-0.3, -0.25) is 4.90 Å². The molecule has 0 radical (unpaired) electrons. The minimum atomic E-state index is -0.291. The largest absolute Gasteiger partial charge is 0.392 e. The molecule has 1 atom stereocenters. The second-order valence-electron chi connectivity index (χ2n) is 3.14. The summed E-state index contributed by atoms with van der Waals surface area (Å²) in [6, 6.07) is 0. The summed E-state index contributed by atoms with van der Waals surface area (Å²) in [5, 5.41) is 12.1. The third-order valence-corrected chi connectivity index (χ3v) is 1.75. The van der Waals surface area contributed by atoms with Crippen LogP contribution in [0.15, 0.2) is 0 Å². The zero-order chi connectivity index (χ0) is 10.1. The Labute approximate surface area is 80.1 Å². The van der Waals surface area contributed by atoms with Crippen molar-refractivity contribution in [3.05, 3.63) is 0 Å². The minimum absolute atomic E-state index is 0.291. The first kappa shape index (κ1) is 12.8. The van der Waals surface area contributed by atoms with Gasteiger partial charge in [-0.25, -0.2) is 0 Å². The summed E-state index contributed by atoms with van der Waals surface area (Å²) in [5.74, 6) is 0. The van der Waals surface area contributed by atoms with E-state index in [2.05, 4.69) is 10.2 Å². The second-order valence-corrected chi connectivity index (χ2v) is 3.14. The molecule has 6 N–H and O–H groups in total. The van der Waals surface area contributed by atoms with Crippen molar-refractivity contribution in [2.75, 3.05) is 39.4 Å². The predicted octanol–water partition coefficient (Wildman–Crippen LogP) is -1.87. The lowest BCUT2D eigenvalue weighted by Gasteiger charge is -2.19. The van der Waals surface area contributed by atoms with Crippen LogP contribution >= 0.6 is 0 Å². The fraction of sp³-hybridized carbons (Fsp3) is 1.00. The quantitative estimate of drug-likeness (QED) is 0.266. The van der Waals surface area contributed by atoms with Crippen molar-refractivity contribution in [1.29, 1.82) is 0 Å². The molecule has 0 aliphatic carbocycles. The summed E-state index contributed by atoms with van der Waals surface area (Å²) in [4.78, 5) is 2.06. The topological polar surface area (TPSA) is 87.5 Å². The first-order chi connectivity index (χ1) is 6.20. The van der Waals surface area contributed by atoms with E-state index in [0.29, 0.717) is 19.8 Å². The maximum atomic E-state index is 8.96. The zero-order valence-electron chi connectivity index (χ0n) is 8.37. The Hall–Kier alpha value is -0.200. The van der Waals surface area contributed by atoms with Crippen LogP contribution in [0.5, 0.6) is 0 Å². The summed E-state index contributed by atoms with van der Waals surface area (Å²) in [6.07, 6.45) is -0.291. The SMILES string of the molecule is CC(O)CNCCN(CN)CCN. The van der Waals surface area contributed by atoms with Gasteiger partial charge in [0, 0.05) is 39.4 Å². The highest BCUT2D eigenvalue weighted by Crippen LogP contribution is 1.81. The lowest BCUT2D eigenvalue weighted by Crippen LogP contribution is -2.40. The van der Waals surface area contributed by atoms with Gasteiger partial charge in [0.1, 0.15) is 0 Å². The first-order valence-electron chi connectivity index (χ1n) is 4.72. The number of nitrogens with zero attached hydrogens (tertiary/aromatic N) is 1. The van der Waals surface area contributed by atoms with Crippen molar-refractivity contribution in [2.24, 2.45) is 11.5 Å². The molecule has 13 heavy (non-hydrogen) atoms. The molecular formula is C8H22N4O. The molecule has 0 saturated carbocycles. The number of nitrogens with one attached hydrogen (secondary N) is 1. The molecule has 0 saturated heterocycles. The van der Waals surface area contributed by atoms with Crippen LogP contribution in [0.2, 0.25) is 0 Å². The lowest BCUT2D eigenvalue weighted by molar-refractivity contribution is 0.188. The Morgan fingerprint density at radius 3 is 2.54 bits per heavy atom. The van der Waals surface area contributed by atoms with Crippen LogP contribution in [-0.4, -0.2) is 55.5 Å². The van der Waals surface area contributed by atoms with E-state index in [-0.39, 0.29) is 6.10 Å². The van der Waals surface area contributed by atoms with Crippen LogP contribution in [-0.2, 0) is 0 Å². The van der Waals surface area contributed by atoms with E-state index in [1.165, 1.54) is 0 Å². The lowest BCUT2D eigenvalue weighted by atomic mass is 10.4. The highest BCUT2D eigenvalue weighted by Gasteiger charge is 2.00. The molecular weight excluding hydrogens is 168 g/mol. The number of rotatable bonds is 8. The predicted molar refractivity (Wildman–Crippen MR) is 54.2 cm³/mol. The molecule has 80 valence electrons. The van der Waals surface area contributed by atoms with Crippen molar-refractivity contribution in [3.8, 4) is 0 Å². The van der Waals surface area contributed by atoms with Crippen LogP contribution in [0.4, 0.5) is 0 Å². The number of nitrogens with two attached hydrogens (primary N) is 2. The molecule has 0 aromatic carbocycles. The summed E-state index contributed by atoms with van der Waals surface area (Å²) in [7, 11) is 0. The van der Waals surface area contributed by atoms with Gasteiger partial charge in [0.05, 0.1) is 6.10 Å². The fourth-order valence-electron chi connectivity index (χ4n) is 1.03. The second kappa shape index (κ2) is 8.40. The van der Waals surface area contributed by atoms with Gasteiger partial charge < -0.3 is 21.9 Å². The monoisotopic (exact) mass is 190 g/mol. The molecule has 0 bridgehead atoms. The minimum Gasteiger partial charge on any atom is -0.392 e. The Morgan fingerprint density at radius 1 is 1.38 bits per heavy atom. The molecule has 5 heteroatoms. The van der Waals surface area contributed by atoms with Gasteiger partial charge >= 0.3 is 0 Å². The van der Waals surface area contributed by atoms with E-state index in [1.54, 1.807) is 6.92 Å². The average molecular weight is 190 g/mol. The van der Waals surface area contributed by atoms with E-state index in [0.717, 1.165) is 19.6 Å². The Kier molecular flexibility index (Phi) is 8.27. The number of hydrogen-bond donors (Lipinski definition) is 4. The van der Waals surface area contributed by atoms with E-state index >= 15 is 0 Å². The standard InChI is InChI=1S/C8H22N4O/c1-8(13)6-11-3-5-12(7-10)4-2-9/h8,11,13H,2-7,9-10H2,1H3. The normalized spacial score (nSPS) is 13.6. The van der Waals surface area contributed by atoms with E-state index in [4.69, 9.17) is 16.6 Å². The van der Waals surface area contributed by atoms with Gasteiger partial charge in [0.15, 0.2) is 0 Å². The highest BCUT2D eigenvalue weighted by atomic mass is 16.3. The molecule has 1 unspecified atom stereocenters. The van der Waals surface area contributed by atoms with Crippen LogP contribution in [0.25, 0.3) is 0 Å². The molecule has 0 amide bonds. The summed E-state index contributed by atoms with van der Waals surface area (Å²) >= 11 is 0. The zero-order valence-corrected chi connectivity index (χ0v) is 8.37. The fourth-order valence-corrected chi connectivity index (χ4v) is 1.03. The Morgan fingerprint density at radius 2 is 2.08 bits per heavy atom. The molecule has 5 nitrogen and oxygen atoms in total. The summed E-state index contributed by atoms with van der Waals surface area (Å²) in [6.45, 7) is 6.09. The van der Waals surface area contributed by atoms with Gasteiger partial charge in [0.2, 0.25) is 0 Å². The third kappa shape index (κ3) is 8.14. The number of aliphatic hydroxyl groups is 1. The molecule has 0 aliphatic rings. The van der Waals surface area contributed by atoms with Crippen LogP contribution in [0.1, 0.15) is 6.92 Å². The molecule has 0 heterocycles. The van der Waals surface area contributed by atoms with Crippen molar-refractivity contribution >= 4 is 0 Å². The third-order valence-electron chi connectivity index (χ3n) is 1.75. The van der Waals surface area contributed by atoms with Gasteiger partial charge in [-0.05, 0) is 6.92 Å². The van der Waals surface area contributed by atoms with Gasteiger partial charge in [-0.1, -0.05) is 0 Å². The van der Waals surface area contributed by atoms with Crippen LogP contribution in [0, 0.1) is 0 Å². The molecule has 0 fully saturated rings. The maximum absolute atomic E-state index is 8.96. The number of aliphatic hydroxyl groups excluding tert-OH is 1. The van der Waals surface area contributed by atoms with Crippen molar-refractivity contribution in [3.63, 3.8) is 0 Å². The number of hydrogen-bond acceptors (Lipinski definition) is 5. The molecule has 0 spiro atoms.